The topological polar surface area (TPSA) is 71.5 Å². The van der Waals surface area contributed by atoms with Gasteiger partial charge < -0.3 is 15.0 Å². The third kappa shape index (κ3) is 2.85. The zero-order chi connectivity index (χ0) is 14.7. The number of anilines is 1. The summed E-state index contributed by atoms with van der Waals surface area (Å²) in [5, 5.41) is 3.48. The summed E-state index contributed by atoms with van der Waals surface area (Å²) in [7, 11) is 0. The molecule has 0 atom stereocenters. The van der Waals surface area contributed by atoms with Gasteiger partial charge in [0, 0.05) is 24.7 Å². The van der Waals surface area contributed by atoms with E-state index in [1.807, 2.05) is 12.1 Å². The maximum absolute atomic E-state index is 12.1. The van der Waals surface area contributed by atoms with Crippen molar-refractivity contribution in [1.29, 1.82) is 0 Å². The molecule has 1 aliphatic rings. The van der Waals surface area contributed by atoms with E-state index in [4.69, 9.17) is 4.74 Å². The second-order valence-electron chi connectivity index (χ2n) is 4.73. The largest absolute Gasteiger partial charge is 0.378 e. The van der Waals surface area contributed by atoms with Crippen molar-refractivity contribution in [3.8, 4) is 0 Å². The highest BCUT2D eigenvalue weighted by atomic mass is 16.5. The number of nitrogens with zero attached hydrogens (tertiary/aromatic N) is 2. The van der Waals surface area contributed by atoms with Gasteiger partial charge in [-0.15, -0.1) is 0 Å². The summed E-state index contributed by atoms with van der Waals surface area (Å²) in [5.74, 6) is -1.16. The summed E-state index contributed by atoms with van der Waals surface area (Å²) in [6, 6.07) is 9.06. The van der Waals surface area contributed by atoms with Crippen LogP contribution in [0.2, 0.25) is 0 Å². The van der Waals surface area contributed by atoms with Crippen molar-refractivity contribution in [3.05, 3.63) is 36.5 Å². The number of hydrogen-bond acceptors (Lipinski definition) is 4. The van der Waals surface area contributed by atoms with E-state index in [2.05, 4.69) is 10.3 Å². The summed E-state index contributed by atoms with van der Waals surface area (Å²) < 4.78 is 5.17. The Kier molecular flexibility index (Phi) is 3.79. The second kappa shape index (κ2) is 5.88. The van der Waals surface area contributed by atoms with Crippen molar-refractivity contribution in [2.45, 2.75) is 0 Å². The van der Waals surface area contributed by atoms with Gasteiger partial charge in [-0.3, -0.25) is 14.6 Å². The Morgan fingerprint density at radius 1 is 1.14 bits per heavy atom. The van der Waals surface area contributed by atoms with Gasteiger partial charge in [0.25, 0.3) is 0 Å². The van der Waals surface area contributed by atoms with Crippen LogP contribution in [0, 0.1) is 0 Å². The molecule has 2 amide bonds. The number of rotatable bonds is 1. The number of carbonyl (C=O) groups is 2. The Labute approximate surface area is 121 Å². The summed E-state index contributed by atoms with van der Waals surface area (Å²) in [4.78, 5) is 29.9. The van der Waals surface area contributed by atoms with Crippen molar-refractivity contribution in [3.63, 3.8) is 0 Å². The molecule has 0 saturated carbocycles. The molecule has 1 aromatic carbocycles. The molecular formula is C15H15N3O3. The minimum atomic E-state index is -0.631. The van der Waals surface area contributed by atoms with Crippen LogP contribution in [0.25, 0.3) is 10.9 Å². The maximum atomic E-state index is 12.1. The van der Waals surface area contributed by atoms with E-state index in [9.17, 15) is 9.59 Å². The SMILES string of the molecule is O=C(Nc1cccc2ncccc12)C(=O)N1CCOCC1. The Bertz CT molecular complexity index is 675. The average Bonchev–Trinajstić information content (AvgIpc) is 2.55. The van der Waals surface area contributed by atoms with E-state index in [1.54, 1.807) is 24.4 Å². The number of morpholine rings is 1. The molecular weight excluding hydrogens is 270 g/mol. The van der Waals surface area contributed by atoms with Crippen LogP contribution < -0.4 is 5.32 Å². The van der Waals surface area contributed by atoms with Crippen LogP contribution in [0.4, 0.5) is 5.69 Å². The number of nitrogens with one attached hydrogen (secondary N) is 1. The number of aromatic nitrogens is 1. The van der Waals surface area contributed by atoms with E-state index in [0.29, 0.717) is 32.0 Å². The van der Waals surface area contributed by atoms with Crippen molar-refractivity contribution < 1.29 is 14.3 Å². The van der Waals surface area contributed by atoms with Crippen molar-refractivity contribution in [1.82, 2.24) is 9.88 Å². The molecule has 108 valence electrons. The summed E-state index contributed by atoms with van der Waals surface area (Å²) in [6.07, 6.45) is 1.69. The first kappa shape index (κ1) is 13.5. The third-order valence-electron chi connectivity index (χ3n) is 3.39. The van der Waals surface area contributed by atoms with Crippen LogP contribution in [0.5, 0.6) is 0 Å². The fraction of sp³-hybridized carbons (Fsp3) is 0.267. The molecule has 3 rings (SSSR count). The van der Waals surface area contributed by atoms with Gasteiger partial charge in [-0.25, -0.2) is 0 Å². The summed E-state index contributed by atoms with van der Waals surface area (Å²) in [6.45, 7) is 1.83. The quantitative estimate of drug-likeness (QED) is 0.794. The first-order chi connectivity index (χ1) is 10.3. The average molecular weight is 285 g/mol. The number of hydrogen-bond donors (Lipinski definition) is 1. The van der Waals surface area contributed by atoms with Crippen LogP contribution in [0.15, 0.2) is 36.5 Å². The third-order valence-corrected chi connectivity index (χ3v) is 3.39. The molecule has 2 heterocycles. The molecule has 0 radical (unpaired) electrons. The van der Waals surface area contributed by atoms with E-state index < -0.39 is 11.8 Å². The lowest BCUT2D eigenvalue weighted by atomic mass is 10.2. The van der Waals surface area contributed by atoms with E-state index >= 15 is 0 Å². The number of benzene rings is 1. The van der Waals surface area contributed by atoms with Gasteiger partial charge in [-0.2, -0.15) is 0 Å². The fourth-order valence-electron chi connectivity index (χ4n) is 2.30. The normalized spacial score (nSPS) is 15.0. The molecule has 1 aliphatic heterocycles. The number of pyridine rings is 1. The summed E-state index contributed by atoms with van der Waals surface area (Å²) >= 11 is 0. The number of carbonyl (C=O) groups excluding carboxylic acids is 2. The second-order valence-corrected chi connectivity index (χ2v) is 4.73. The fourth-order valence-corrected chi connectivity index (χ4v) is 2.30. The molecule has 0 bridgehead atoms. The lowest BCUT2D eigenvalue weighted by molar-refractivity contribution is -0.145. The molecule has 1 fully saturated rings. The van der Waals surface area contributed by atoms with Gasteiger partial charge >= 0.3 is 11.8 Å². The number of fused-ring (bicyclic) bond motifs is 1. The highest BCUT2D eigenvalue weighted by Crippen LogP contribution is 2.21. The smallest absolute Gasteiger partial charge is 0.313 e. The Morgan fingerprint density at radius 2 is 1.95 bits per heavy atom. The standard InChI is InChI=1S/C15H15N3O3/c19-14(15(20)18-7-9-21-10-8-18)17-13-5-1-4-12-11(13)3-2-6-16-12/h1-6H,7-10H2,(H,17,19). The van der Waals surface area contributed by atoms with Crippen LogP contribution in [0.3, 0.4) is 0 Å². The van der Waals surface area contributed by atoms with Gasteiger partial charge in [-0.05, 0) is 24.3 Å². The van der Waals surface area contributed by atoms with Crippen molar-refractivity contribution in [2.24, 2.45) is 0 Å². The minimum absolute atomic E-state index is 0.448. The first-order valence-corrected chi connectivity index (χ1v) is 6.77. The molecule has 2 aromatic rings. The minimum Gasteiger partial charge on any atom is -0.378 e. The lowest BCUT2D eigenvalue weighted by Crippen LogP contribution is -2.45. The number of ether oxygens (including phenoxy) is 1. The van der Waals surface area contributed by atoms with Crippen LogP contribution >= 0.6 is 0 Å². The highest BCUT2D eigenvalue weighted by molar-refractivity contribution is 6.40. The summed E-state index contributed by atoms with van der Waals surface area (Å²) in [5.41, 5.74) is 1.36. The highest BCUT2D eigenvalue weighted by Gasteiger charge is 2.23. The molecule has 1 saturated heterocycles. The Hall–Kier alpha value is -2.47. The maximum Gasteiger partial charge on any atom is 0.313 e. The van der Waals surface area contributed by atoms with Gasteiger partial charge in [0.15, 0.2) is 0 Å². The molecule has 21 heavy (non-hydrogen) atoms. The molecule has 1 aromatic heterocycles. The molecule has 0 unspecified atom stereocenters. The van der Waals surface area contributed by atoms with E-state index in [1.165, 1.54) is 4.90 Å². The Morgan fingerprint density at radius 3 is 2.76 bits per heavy atom. The predicted molar refractivity (Wildman–Crippen MR) is 77.8 cm³/mol. The molecule has 0 spiro atoms. The zero-order valence-electron chi connectivity index (χ0n) is 11.4. The van der Waals surface area contributed by atoms with Crippen molar-refractivity contribution >= 4 is 28.4 Å². The van der Waals surface area contributed by atoms with Crippen LogP contribution in [0.1, 0.15) is 0 Å². The molecule has 6 nitrogen and oxygen atoms in total. The van der Waals surface area contributed by atoms with E-state index in [0.717, 1.165) is 10.9 Å². The van der Waals surface area contributed by atoms with Gasteiger partial charge in [0.1, 0.15) is 0 Å². The molecule has 0 aliphatic carbocycles. The first-order valence-electron chi connectivity index (χ1n) is 6.77. The number of amides is 2. The van der Waals surface area contributed by atoms with Gasteiger partial charge in [0.05, 0.1) is 24.4 Å². The van der Waals surface area contributed by atoms with Gasteiger partial charge in [0.2, 0.25) is 0 Å². The predicted octanol–water partition coefficient (Wildman–Crippen LogP) is 1.03. The molecule has 1 N–H and O–H groups in total. The monoisotopic (exact) mass is 285 g/mol. The zero-order valence-corrected chi connectivity index (χ0v) is 11.4. The van der Waals surface area contributed by atoms with E-state index in [-0.39, 0.29) is 0 Å². The Balaban J connectivity index is 1.78. The molecule has 6 heteroatoms. The van der Waals surface area contributed by atoms with Gasteiger partial charge in [-0.1, -0.05) is 6.07 Å². The lowest BCUT2D eigenvalue weighted by Gasteiger charge is -2.26. The van der Waals surface area contributed by atoms with Crippen LogP contribution in [-0.4, -0.2) is 48.0 Å². The van der Waals surface area contributed by atoms with Crippen LogP contribution in [-0.2, 0) is 14.3 Å². The van der Waals surface area contributed by atoms with Crippen molar-refractivity contribution in [2.75, 3.05) is 31.6 Å².